The number of rotatable bonds is 5. The number of fused-ring (bicyclic) bond motifs is 1. The fourth-order valence-electron chi connectivity index (χ4n) is 3.82. The first-order chi connectivity index (χ1) is 12.1. The van der Waals surface area contributed by atoms with Crippen molar-refractivity contribution in [1.29, 1.82) is 0 Å². The predicted molar refractivity (Wildman–Crippen MR) is 96.6 cm³/mol. The van der Waals surface area contributed by atoms with Gasteiger partial charge in [-0.15, -0.1) is 0 Å². The molecule has 2 aromatic rings. The van der Waals surface area contributed by atoms with E-state index in [-0.39, 0.29) is 18.2 Å². The molecule has 1 saturated carbocycles. The molecule has 4 nitrogen and oxygen atoms in total. The highest BCUT2D eigenvalue weighted by Gasteiger charge is 2.60. The molecule has 132 valence electrons. The summed E-state index contributed by atoms with van der Waals surface area (Å²) < 4.78 is 33.7. The number of nitrogens with zero attached hydrogens (tertiary/aromatic N) is 1. The van der Waals surface area contributed by atoms with Crippen LogP contribution in [0, 0.1) is 6.92 Å². The van der Waals surface area contributed by atoms with Crippen LogP contribution in [0.3, 0.4) is 0 Å². The van der Waals surface area contributed by atoms with Crippen LogP contribution in [0.2, 0.25) is 0 Å². The van der Waals surface area contributed by atoms with Gasteiger partial charge in [0.25, 0.3) is 0 Å². The zero-order valence-corrected chi connectivity index (χ0v) is 15.2. The molecule has 25 heavy (non-hydrogen) atoms. The molecular weight excluding hydrogens is 334 g/mol. The van der Waals surface area contributed by atoms with Crippen molar-refractivity contribution in [2.24, 2.45) is 0 Å². The highest BCUT2D eigenvalue weighted by atomic mass is 32.2. The van der Waals surface area contributed by atoms with Gasteiger partial charge in [0.1, 0.15) is 0 Å². The lowest BCUT2D eigenvalue weighted by Gasteiger charge is -2.20. The molecule has 0 amide bonds. The molecular formula is C20H23NO3S. The topological polar surface area (TPSA) is 46.4 Å². The zero-order chi connectivity index (χ0) is 17.4. The standard InChI is InChI=1S/C20H23NO3S/c1-15-10-12-17(13-11-15)25(22,23)21-18-8-5-9-19(20(18)21)24-14-16-6-3-2-4-7-16/h2-4,6-7,10-13,18-20H,5,8-9,14H2,1H3/t18-,19-,20-,21?/m1/s1. The quantitative estimate of drug-likeness (QED) is 0.770. The largest absolute Gasteiger partial charge is 0.372 e. The molecule has 2 aliphatic rings. The number of benzene rings is 2. The Bertz CT molecular complexity index is 833. The van der Waals surface area contributed by atoms with Gasteiger partial charge in [-0.05, 0) is 43.9 Å². The lowest BCUT2D eigenvalue weighted by atomic mass is 9.98. The van der Waals surface area contributed by atoms with Gasteiger partial charge in [0.15, 0.2) is 0 Å². The van der Waals surface area contributed by atoms with Crippen molar-refractivity contribution in [2.45, 2.75) is 55.9 Å². The minimum absolute atomic E-state index is 0.0104. The van der Waals surface area contributed by atoms with E-state index in [0.29, 0.717) is 11.5 Å². The van der Waals surface area contributed by atoms with Gasteiger partial charge >= 0.3 is 0 Å². The highest BCUT2D eigenvalue weighted by Crippen LogP contribution is 2.46. The molecule has 1 unspecified atom stereocenters. The molecule has 2 aromatic carbocycles. The third-order valence-electron chi connectivity index (χ3n) is 5.20. The van der Waals surface area contributed by atoms with E-state index in [4.69, 9.17) is 4.74 Å². The number of ether oxygens (including phenoxy) is 1. The van der Waals surface area contributed by atoms with Gasteiger partial charge in [0.05, 0.1) is 23.6 Å². The summed E-state index contributed by atoms with van der Waals surface area (Å²) in [6, 6.07) is 17.2. The van der Waals surface area contributed by atoms with E-state index in [0.717, 1.165) is 30.4 Å². The maximum atomic E-state index is 13.0. The normalized spacial score (nSPS) is 28.4. The van der Waals surface area contributed by atoms with Gasteiger partial charge < -0.3 is 4.74 Å². The summed E-state index contributed by atoms with van der Waals surface area (Å²) in [4.78, 5) is 0.384. The lowest BCUT2D eigenvalue weighted by Crippen LogP contribution is -2.27. The van der Waals surface area contributed by atoms with Crippen LogP contribution >= 0.6 is 0 Å². The molecule has 5 heteroatoms. The maximum absolute atomic E-state index is 13.0. The second-order valence-electron chi connectivity index (χ2n) is 6.97. The van der Waals surface area contributed by atoms with E-state index in [2.05, 4.69) is 0 Å². The summed E-state index contributed by atoms with van der Waals surface area (Å²) in [5.41, 5.74) is 2.18. The Balaban J connectivity index is 1.48. The van der Waals surface area contributed by atoms with E-state index in [9.17, 15) is 8.42 Å². The third-order valence-corrected chi connectivity index (χ3v) is 7.14. The Morgan fingerprint density at radius 1 is 1.04 bits per heavy atom. The van der Waals surface area contributed by atoms with Crippen molar-refractivity contribution in [3.05, 3.63) is 65.7 Å². The molecule has 1 heterocycles. The monoisotopic (exact) mass is 357 g/mol. The molecule has 0 bridgehead atoms. The van der Waals surface area contributed by atoms with Crippen molar-refractivity contribution in [3.63, 3.8) is 0 Å². The van der Waals surface area contributed by atoms with Crippen LogP contribution in [-0.4, -0.2) is 30.9 Å². The highest BCUT2D eigenvalue weighted by molar-refractivity contribution is 7.89. The number of aryl methyl sites for hydroxylation is 1. The van der Waals surface area contributed by atoms with E-state index >= 15 is 0 Å². The van der Waals surface area contributed by atoms with Crippen molar-refractivity contribution in [1.82, 2.24) is 4.31 Å². The molecule has 4 rings (SSSR count). The van der Waals surface area contributed by atoms with Crippen LogP contribution in [0.15, 0.2) is 59.5 Å². The fraction of sp³-hybridized carbons (Fsp3) is 0.400. The summed E-state index contributed by atoms with van der Waals surface area (Å²) in [5.74, 6) is 0. The average Bonchev–Trinajstić information content (AvgIpc) is 3.37. The van der Waals surface area contributed by atoms with Crippen LogP contribution in [0.1, 0.15) is 30.4 Å². The van der Waals surface area contributed by atoms with Crippen LogP contribution in [-0.2, 0) is 21.4 Å². The first-order valence-corrected chi connectivity index (χ1v) is 10.3. The Labute approximate surface area is 149 Å². The summed E-state index contributed by atoms with van der Waals surface area (Å²) in [6.07, 6.45) is 2.86. The second kappa shape index (κ2) is 6.56. The van der Waals surface area contributed by atoms with Crippen LogP contribution in [0.5, 0.6) is 0 Å². The summed E-state index contributed by atoms with van der Waals surface area (Å²) in [5, 5.41) is 0. The number of sulfonamides is 1. The second-order valence-corrected chi connectivity index (χ2v) is 8.82. The Kier molecular flexibility index (Phi) is 4.40. The number of hydrogen-bond donors (Lipinski definition) is 0. The Hall–Kier alpha value is -1.69. The molecule has 2 fully saturated rings. The van der Waals surface area contributed by atoms with Gasteiger partial charge in [0.2, 0.25) is 10.0 Å². The van der Waals surface area contributed by atoms with Crippen LogP contribution < -0.4 is 0 Å². The summed E-state index contributed by atoms with van der Waals surface area (Å²) in [7, 11) is -3.43. The Morgan fingerprint density at radius 2 is 1.76 bits per heavy atom. The maximum Gasteiger partial charge on any atom is 0.243 e. The zero-order valence-electron chi connectivity index (χ0n) is 14.3. The molecule has 0 aromatic heterocycles. The van der Waals surface area contributed by atoms with Gasteiger partial charge in [0, 0.05) is 6.04 Å². The molecule has 0 spiro atoms. The van der Waals surface area contributed by atoms with Crippen LogP contribution in [0.25, 0.3) is 0 Å². The van der Waals surface area contributed by atoms with Crippen molar-refractivity contribution in [3.8, 4) is 0 Å². The van der Waals surface area contributed by atoms with Gasteiger partial charge in [-0.3, -0.25) is 0 Å². The molecule has 4 atom stereocenters. The minimum atomic E-state index is -3.43. The van der Waals surface area contributed by atoms with Gasteiger partial charge in [-0.1, -0.05) is 48.0 Å². The van der Waals surface area contributed by atoms with Gasteiger partial charge in [-0.25, -0.2) is 8.42 Å². The molecule has 0 N–H and O–H groups in total. The lowest BCUT2D eigenvalue weighted by molar-refractivity contribution is 0.0230. The van der Waals surface area contributed by atoms with Gasteiger partial charge in [-0.2, -0.15) is 4.31 Å². The predicted octanol–water partition coefficient (Wildman–Crippen LogP) is 3.51. The minimum Gasteiger partial charge on any atom is -0.372 e. The smallest absolute Gasteiger partial charge is 0.243 e. The average molecular weight is 357 g/mol. The van der Waals surface area contributed by atoms with E-state index in [1.54, 1.807) is 16.4 Å². The van der Waals surface area contributed by atoms with Crippen molar-refractivity contribution >= 4 is 10.0 Å². The van der Waals surface area contributed by atoms with E-state index in [1.165, 1.54) is 0 Å². The molecule has 0 radical (unpaired) electrons. The number of hydrogen-bond acceptors (Lipinski definition) is 3. The SMILES string of the molecule is Cc1ccc(S(=O)(=O)N2[C@@H]3[C@H]2CCC[C@H]3OCc2ccccc2)cc1. The van der Waals surface area contributed by atoms with Crippen molar-refractivity contribution < 1.29 is 13.2 Å². The first-order valence-electron chi connectivity index (χ1n) is 8.83. The summed E-state index contributed by atoms with van der Waals surface area (Å²) in [6.45, 7) is 2.49. The van der Waals surface area contributed by atoms with Crippen molar-refractivity contribution in [2.75, 3.05) is 0 Å². The molecule has 1 aliphatic heterocycles. The van der Waals surface area contributed by atoms with E-state index in [1.807, 2.05) is 49.4 Å². The Morgan fingerprint density at radius 3 is 2.48 bits per heavy atom. The first kappa shape index (κ1) is 16.8. The fourth-order valence-corrected chi connectivity index (χ4v) is 5.67. The van der Waals surface area contributed by atoms with E-state index < -0.39 is 10.0 Å². The molecule has 1 aliphatic carbocycles. The third kappa shape index (κ3) is 3.24. The molecule has 1 saturated heterocycles. The van der Waals surface area contributed by atoms with Crippen LogP contribution in [0.4, 0.5) is 0 Å². The summed E-state index contributed by atoms with van der Waals surface area (Å²) >= 11 is 0.